The monoisotopic (exact) mass is 1440 g/mol. The van der Waals surface area contributed by atoms with Crippen molar-refractivity contribution in [3.05, 3.63) is 146 Å². The molecule has 5 atom stereocenters. The van der Waals surface area contributed by atoms with Gasteiger partial charge in [-0.1, -0.05) is 296 Å². The molecule has 0 amide bonds. The molecule has 0 saturated heterocycles. The van der Waals surface area contributed by atoms with Crippen LogP contribution >= 0.6 is 15.6 Å². The lowest BCUT2D eigenvalue weighted by atomic mass is 10.0. The van der Waals surface area contributed by atoms with Crippen LogP contribution in [0.3, 0.4) is 0 Å². The van der Waals surface area contributed by atoms with Gasteiger partial charge in [0.05, 0.1) is 32.8 Å². The molecular weight excluding hydrogens is 1310 g/mol. The maximum atomic E-state index is 13.1. The minimum absolute atomic E-state index is 0.0325. The van der Waals surface area contributed by atoms with Crippen LogP contribution in [0.5, 0.6) is 0 Å². The van der Waals surface area contributed by atoms with Crippen molar-refractivity contribution in [1.29, 1.82) is 0 Å². The molecule has 0 rings (SSSR count). The van der Waals surface area contributed by atoms with Crippen LogP contribution in [0.15, 0.2) is 146 Å². The van der Waals surface area contributed by atoms with E-state index in [4.69, 9.17) is 37.0 Å². The van der Waals surface area contributed by atoms with Gasteiger partial charge in [-0.25, -0.2) is 9.13 Å². The highest BCUT2D eigenvalue weighted by molar-refractivity contribution is 7.47. The van der Waals surface area contributed by atoms with Gasteiger partial charge in [0.1, 0.15) is 19.3 Å². The van der Waals surface area contributed by atoms with Crippen molar-refractivity contribution in [3.63, 3.8) is 0 Å². The Morgan fingerprint density at radius 1 is 0.300 bits per heavy atom. The molecule has 17 nitrogen and oxygen atoms in total. The Balaban J connectivity index is 5.46. The highest BCUT2D eigenvalue weighted by atomic mass is 31.2. The molecular formula is C81H134O17P2. The molecule has 0 aliphatic rings. The number of carbonyl (C=O) groups excluding carboxylic acids is 4. The van der Waals surface area contributed by atoms with Gasteiger partial charge in [-0.3, -0.25) is 37.3 Å². The molecule has 3 N–H and O–H groups in total. The van der Waals surface area contributed by atoms with E-state index in [2.05, 4.69) is 131 Å². The molecule has 0 fully saturated rings. The Morgan fingerprint density at radius 3 is 0.960 bits per heavy atom. The molecule has 0 aliphatic carbocycles. The van der Waals surface area contributed by atoms with Crippen molar-refractivity contribution < 1.29 is 80.2 Å². The van der Waals surface area contributed by atoms with E-state index in [0.717, 1.165) is 128 Å². The van der Waals surface area contributed by atoms with E-state index in [1.807, 2.05) is 36.5 Å². The van der Waals surface area contributed by atoms with Crippen LogP contribution in [0.4, 0.5) is 0 Å². The lowest BCUT2D eigenvalue weighted by Crippen LogP contribution is -2.30. The minimum atomic E-state index is -5.00. The van der Waals surface area contributed by atoms with Crippen molar-refractivity contribution in [2.45, 2.75) is 303 Å². The number of ether oxygens (including phenoxy) is 4. The van der Waals surface area contributed by atoms with E-state index in [0.29, 0.717) is 32.1 Å². The van der Waals surface area contributed by atoms with Gasteiger partial charge in [-0.05, 0) is 109 Å². The van der Waals surface area contributed by atoms with Crippen molar-refractivity contribution in [3.8, 4) is 0 Å². The summed E-state index contributed by atoms with van der Waals surface area (Å²) in [6.07, 6.45) is 81.8. The first kappa shape index (κ1) is 94.9. The summed E-state index contributed by atoms with van der Waals surface area (Å²) in [5.41, 5.74) is 0. The van der Waals surface area contributed by atoms with E-state index in [1.165, 1.54) is 70.6 Å². The molecule has 0 bridgehead atoms. The normalized spacial score (nSPS) is 14.8. The summed E-state index contributed by atoms with van der Waals surface area (Å²) in [7, 11) is -10.00. The van der Waals surface area contributed by atoms with Gasteiger partial charge in [0, 0.05) is 19.3 Å². The van der Waals surface area contributed by atoms with Crippen LogP contribution in [0.2, 0.25) is 0 Å². The summed E-state index contributed by atoms with van der Waals surface area (Å²) in [4.78, 5) is 72.7. The molecule has 0 aromatic carbocycles. The predicted octanol–water partition coefficient (Wildman–Crippen LogP) is 21.9. The number of esters is 4. The van der Waals surface area contributed by atoms with E-state index >= 15 is 0 Å². The van der Waals surface area contributed by atoms with E-state index in [-0.39, 0.29) is 25.7 Å². The summed E-state index contributed by atoms with van der Waals surface area (Å²) in [5.74, 6) is -2.43. The molecule has 0 aromatic heterocycles. The zero-order valence-electron chi connectivity index (χ0n) is 62.1. The summed E-state index contributed by atoms with van der Waals surface area (Å²) in [5, 5.41) is 10.6. The van der Waals surface area contributed by atoms with Crippen LogP contribution in [0, 0.1) is 0 Å². The maximum absolute atomic E-state index is 13.1. The van der Waals surface area contributed by atoms with Gasteiger partial charge < -0.3 is 33.8 Å². The Labute approximate surface area is 605 Å². The Kier molecular flexibility index (Phi) is 68.6. The van der Waals surface area contributed by atoms with Gasteiger partial charge in [0.2, 0.25) is 0 Å². The average molecular weight is 1440 g/mol. The third kappa shape index (κ3) is 71.3. The number of aliphatic hydroxyl groups is 1. The third-order valence-corrected chi connectivity index (χ3v) is 17.2. The molecule has 0 saturated carbocycles. The zero-order chi connectivity index (χ0) is 73.2. The summed E-state index contributed by atoms with van der Waals surface area (Å²) >= 11 is 0. The third-order valence-electron chi connectivity index (χ3n) is 15.3. The number of rotatable bonds is 70. The van der Waals surface area contributed by atoms with E-state index in [1.54, 1.807) is 6.08 Å². The quantitative estimate of drug-likeness (QED) is 0.0169. The fourth-order valence-electron chi connectivity index (χ4n) is 9.59. The van der Waals surface area contributed by atoms with Crippen molar-refractivity contribution in [2.75, 3.05) is 39.6 Å². The SMILES string of the molecule is CC/C=C\C/C=C\C/C=C\C/C=C\C/C=C\C/C=C\CCC(=O)OCC(COP(=O)(O)OCC(O)COP(=O)(O)OCC(COC(=O)C/C=C\C/C=C\C/C=C\C/C=C\C/C=C\CC)OC(=O)CCCCCCC/C=C\CCCC)OC(=O)CCCCCCCCCCCCCCCCC. The number of unbranched alkanes of at least 4 members (excludes halogenated alkanes) is 21. The first-order chi connectivity index (χ1) is 48.7. The highest BCUT2D eigenvalue weighted by Crippen LogP contribution is 2.45. The second kappa shape index (κ2) is 72.3. The summed E-state index contributed by atoms with van der Waals surface area (Å²) in [6, 6.07) is 0. The smallest absolute Gasteiger partial charge is 0.462 e. The molecule has 0 radical (unpaired) electrons. The Bertz CT molecular complexity index is 2470. The second-order valence-corrected chi connectivity index (χ2v) is 27.8. The van der Waals surface area contributed by atoms with Gasteiger partial charge in [-0.15, -0.1) is 0 Å². The number of aliphatic hydroxyl groups excluding tert-OH is 1. The number of carbonyl (C=O) groups is 4. The van der Waals surface area contributed by atoms with Crippen LogP contribution < -0.4 is 0 Å². The van der Waals surface area contributed by atoms with Crippen molar-refractivity contribution in [2.24, 2.45) is 0 Å². The standard InChI is InChI=1S/C81H134O17P2/c1-5-9-13-17-21-25-29-32-35-36-37-38-41-43-47-50-54-58-62-66-79(84)92-72-77(98-81(86)68-64-60-56-52-48-44-40-34-31-27-23-19-15-11-7-3)74-96-100(89,90)94-70-75(82)69-93-99(87,88)95-73-76(97-80(85)67-63-59-55-51-45-28-24-20-16-12-8-4)71-91-78(83)65-61-57-53-49-46-42-39-33-30-26-22-18-14-10-6-2/h9-10,13-14,20-22,24-26,32-33,35,37-39,43,46-47,49,54,57-58,61,75-77,82H,5-8,11-12,15-19,23,27-31,34,36,40-42,44-45,48,50-53,55-56,59-60,62-74H2,1-4H3,(H,87,88)(H,89,90)/b13-9-,14-10-,24-20-,25-21-,26-22-,35-32-,38-37-,39-33-,47-43-,49-46-,58-54-,61-57-. The van der Waals surface area contributed by atoms with Crippen LogP contribution in [0.25, 0.3) is 0 Å². The van der Waals surface area contributed by atoms with Crippen LogP contribution in [0.1, 0.15) is 285 Å². The Hall–Kier alpha value is -5.06. The predicted molar refractivity (Wildman–Crippen MR) is 408 cm³/mol. The highest BCUT2D eigenvalue weighted by Gasteiger charge is 2.30. The van der Waals surface area contributed by atoms with Gasteiger partial charge in [-0.2, -0.15) is 0 Å². The van der Waals surface area contributed by atoms with Gasteiger partial charge >= 0.3 is 39.5 Å². The maximum Gasteiger partial charge on any atom is 0.472 e. The summed E-state index contributed by atoms with van der Waals surface area (Å²) in [6.45, 7) is 4.39. The first-order valence-electron chi connectivity index (χ1n) is 38.1. The average Bonchev–Trinajstić information content (AvgIpc) is 0.985. The Morgan fingerprint density at radius 2 is 0.590 bits per heavy atom. The molecule has 0 aromatic rings. The molecule has 0 spiro atoms. The zero-order valence-corrected chi connectivity index (χ0v) is 63.9. The molecule has 19 heteroatoms. The molecule has 0 aliphatic heterocycles. The van der Waals surface area contributed by atoms with Gasteiger partial charge in [0.25, 0.3) is 0 Å². The van der Waals surface area contributed by atoms with E-state index in [9.17, 15) is 43.2 Å². The number of phosphoric ester groups is 2. The van der Waals surface area contributed by atoms with Crippen molar-refractivity contribution >= 4 is 39.5 Å². The molecule has 100 heavy (non-hydrogen) atoms. The number of allylic oxidation sites excluding steroid dienone is 23. The fraction of sp³-hybridized carbons (Fsp3) is 0.654. The molecule has 570 valence electrons. The number of hydrogen-bond acceptors (Lipinski definition) is 15. The van der Waals surface area contributed by atoms with Crippen LogP contribution in [-0.4, -0.2) is 96.7 Å². The van der Waals surface area contributed by atoms with Crippen molar-refractivity contribution in [1.82, 2.24) is 0 Å². The minimum Gasteiger partial charge on any atom is -0.462 e. The topological polar surface area (TPSA) is 237 Å². The molecule has 0 heterocycles. The van der Waals surface area contributed by atoms with Crippen LogP contribution in [-0.2, 0) is 65.4 Å². The van der Waals surface area contributed by atoms with Gasteiger partial charge in [0.15, 0.2) is 12.2 Å². The second-order valence-electron chi connectivity index (χ2n) is 24.8. The lowest BCUT2D eigenvalue weighted by molar-refractivity contribution is -0.161. The van der Waals surface area contributed by atoms with E-state index < -0.39 is 97.5 Å². The summed E-state index contributed by atoms with van der Waals surface area (Å²) < 4.78 is 68.2. The molecule has 5 unspecified atom stereocenters. The number of hydrogen-bond donors (Lipinski definition) is 3. The number of phosphoric acid groups is 2. The lowest BCUT2D eigenvalue weighted by Gasteiger charge is -2.21. The largest absolute Gasteiger partial charge is 0.472 e. The fourth-order valence-corrected chi connectivity index (χ4v) is 11.2. The first-order valence-corrected chi connectivity index (χ1v) is 41.1.